The highest BCUT2D eigenvalue weighted by Gasteiger charge is 2.33. The summed E-state index contributed by atoms with van der Waals surface area (Å²) in [6.45, 7) is 6.16. The predicted octanol–water partition coefficient (Wildman–Crippen LogP) is 5.33. The zero-order valence-electron chi connectivity index (χ0n) is 24.7. The monoisotopic (exact) mass is 585 g/mol. The fourth-order valence-corrected chi connectivity index (χ4v) is 5.87. The van der Waals surface area contributed by atoms with E-state index in [0.29, 0.717) is 12.2 Å². The lowest BCUT2D eigenvalue weighted by Crippen LogP contribution is -2.53. The number of aryl methyl sites for hydroxylation is 1. The van der Waals surface area contributed by atoms with Crippen molar-refractivity contribution in [3.8, 4) is 0 Å². The maximum atomic E-state index is 14.3. The molecule has 0 fully saturated rings. The molecule has 4 rings (SSSR count). The summed E-state index contributed by atoms with van der Waals surface area (Å²) in [6, 6.07) is 29.3. The van der Waals surface area contributed by atoms with Crippen molar-refractivity contribution < 1.29 is 18.0 Å². The van der Waals surface area contributed by atoms with Crippen LogP contribution in [0.2, 0.25) is 0 Å². The van der Waals surface area contributed by atoms with Crippen LogP contribution in [-0.2, 0) is 32.6 Å². The Kier molecular flexibility index (Phi) is 10.0. The van der Waals surface area contributed by atoms with Gasteiger partial charge < -0.3 is 10.2 Å². The average Bonchev–Trinajstić information content (AvgIpc) is 2.96. The van der Waals surface area contributed by atoms with Crippen molar-refractivity contribution in [2.45, 2.75) is 39.8 Å². The van der Waals surface area contributed by atoms with Crippen molar-refractivity contribution in [2.24, 2.45) is 5.92 Å². The fourth-order valence-electron chi connectivity index (χ4n) is 5.00. The zero-order chi connectivity index (χ0) is 30.3. The molecule has 2 amide bonds. The highest BCUT2D eigenvalue weighted by Crippen LogP contribution is 2.29. The summed E-state index contributed by atoms with van der Waals surface area (Å²) >= 11 is 0. The summed E-state index contributed by atoms with van der Waals surface area (Å²) in [6.07, 6.45) is 1.39. The summed E-state index contributed by atoms with van der Waals surface area (Å²) in [5.74, 6) is -0.514. The lowest BCUT2D eigenvalue weighted by molar-refractivity contribution is -0.140. The highest BCUT2D eigenvalue weighted by molar-refractivity contribution is 7.92. The molecule has 0 radical (unpaired) electrons. The second kappa shape index (κ2) is 13.7. The minimum absolute atomic E-state index is 0.153. The Hall–Kier alpha value is -4.17. The maximum absolute atomic E-state index is 14.3. The van der Waals surface area contributed by atoms with Gasteiger partial charge in [0.1, 0.15) is 12.6 Å². The molecule has 0 unspecified atom stereocenters. The van der Waals surface area contributed by atoms with Gasteiger partial charge in [0, 0.05) is 24.9 Å². The molecule has 42 heavy (non-hydrogen) atoms. The molecule has 0 heterocycles. The van der Waals surface area contributed by atoms with E-state index in [0.717, 1.165) is 38.0 Å². The molecule has 0 bridgehead atoms. The minimum Gasteiger partial charge on any atom is -0.354 e. The van der Waals surface area contributed by atoms with Crippen LogP contribution in [0.1, 0.15) is 30.5 Å². The number of amides is 2. The molecule has 0 saturated carbocycles. The molecule has 0 aliphatic carbocycles. The van der Waals surface area contributed by atoms with Gasteiger partial charge in [0.2, 0.25) is 21.8 Å². The van der Waals surface area contributed by atoms with Gasteiger partial charge >= 0.3 is 0 Å². The second-order valence-corrected chi connectivity index (χ2v) is 13.0. The Labute approximate surface area is 249 Å². The molecule has 8 heteroatoms. The van der Waals surface area contributed by atoms with Gasteiger partial charge in [-0.1, -0.05) is 110 Å². The summed E-state index contributed by atoms with van der Waals surface area (Å²) in [5, 5.41) is 4.59. The molecular formula is C34H39N3O4S. The topological polar surface area (TPSA) is 86.8 Å². The number of fused-ring (bicyclic) bond motifs is 1. The van der Waals surface area contributed by atoms with Gasteiger partial charge in [0.25, 0.3) is 0 Å². The van der Waals surface area contributed by atoms with E-state index in [1.807, 2.05) is 106 Å². The van der Waals surface area contributed by atoms with E-state index in [2.05, 4.69) is 5.32 Å². The molecule has 1 N–H and O–H groups in total. The van der Waals surface area contributed by atoms with Crippen LogP contribution < -0.4 is 9.62 Å². The van der Waals surface area contributed by atoms with Gasteiger partial charge in [-0.05, 0) is 35.4 Å². The third kappa shape index (κ3) is 7.97. The maximum Gasteiger partial charge on any atom is 0.244 e. The fraction of sp³-hybridized carbons (Fsp3) is 0.294. The largest absolute Gasteiger partial charge is 0.354 e. The summed E-state index contributed by atoms with van der Waals surface area (Å²) in [5.41, 5.74) is 3.20. The quantitative estimate of drug-likeness (QED) is 0.244. The third-order valence-electron chi connectivity index (χ3n) is 7.11. The Balaban J connectivity index is 1.77. The minimum atomic E-state index is -3.86. The van der Waals surface area contributed by atoms with Crippen LogP contribution >= 0.6 is 0 Å². The second-order valence-electron chi connectivity index (χ2n) is 11.1. The number of rotatable bonds is 12. The van der Waals surface area contributed by atoms with Gasteiger partial charge in [0.05, 0.1) is 11.9 Å². The van der Waals surface area contributed by atoms with Crippen molar-refractivity contribution in [1.82, 2.24) is 10.2 Å². The van der Waals surface area contributed by atoms with Crippen molar-refractivity contribution >= 4 is 38.3 Å². The highest BCUT2D eigenvalue weighted by atomic mass is 32.2. The molecule has 4 aromatic carbocycles. The number of carbonyl (C=O) groups excluding carboxylic acids is 2. The van der Waals surface area contributed by atoms with Gasteiger partial charge in [-0.25, -0.2) is 8.42 Å². The van der Waals surface area contributed by atoms with Gasteiger partial charge in [-0.15, -0.1) is 0 Å². The van der Waals surface area contributed by atoms with Crippen molar-refractivity contribution in [1.29, 1.82) is 0 Å². The standard InChI is InChI=1S/C34H39N3O4S/c1-25(2)22-35-34(39)32(21-27-13-6-5-7-14-27)36(23-28-15-10-12-26(3)20-28)33(38)24-37(42(4,40)41)31-19-11-17-29-16-8-9-18-30(29)31/h5-20,25,32H,21-24H2,1-4H3,(H,35,39)/t32-/m1/s1. The van der Waals surface area contributed by atoms with Crippen molar-refractivity contribution in [3.05, 3.63) is 114 Å². The summed E-state index contributed by atoms with van der Waals surface area (Å²) in [4.78, 5) is 29.6. The van der Waals surface area contributed by atoms with E-state index >= 15 is 0 Å². The molecule has 1 atom stereocenters. The van der Waals surface area contributed by atoms with Crippen LogP contribution in [0, 0.1) is 12.8 Å². The van der Waals surface area contributed by atoms with Crippen LogP contribution in [0.25, 0.3) is 10.8 Å². The zero-order valence-corrected chi connectivity index (χ0v) is 25.5. The molecule has 0 spiro atoms. The SMILES string of the molecule is Cc1cccc(CN(C(=O)CN(c2cccc3ccccc23)S(C)(=O)=O)[C@H](Cc2ccccc2)C(=O)NCC(C)C)c1. The first kappa shape index (κ1) is 30.8. The number of carbonyl (C=O) groups is 2. The lowest BCUT2D eigenvalue weighted by Gasteiger charge is -2.34. The van der Waals surface area contributed by atoms with E-state index in [4.69, 9.17) is 0 Å². The summed E-state index contributed by atoms with van der Waals surface area (Å²) in [7, 11) is -3.86. The molecule has 0 aliphatic rings. The van der Waals surface area contributed by atoms with E-state index in [-0.39, 0.29) is 24.8 Å². The molecule has 7 nitrogen and oxygen atoms in total. The number of anilines is 1. The molecule has 0 aliphatic heterocycles. The smallest absolute Gasteiger partial charge is 0.244 e. The van der Waals surface area contributed by atoms with Gasteiger partial charge in [0.15, 0.2) is 0 Å². The average molecular weight is 586 g/mol. The first-order chi connectivity index (χ1) is 20.0. The first-order valence-electron chi connectivity index (χ1n) is 14.1. The lowest BCUT2D eigenvalue weighted by atomic mass is 10.0. The number of hydrogen-bond acceptors (Lipinski definition) is 4. The molecular weight excluding hydrogens is 546 g/mol. The Morgan fingerprint density at radius 2 is 1.48 bits per heavy atom. The van der Waals surface area contributed by atoms with Crippen LogP contribution in [0.15, 0.2) is 97.1 Å². The Bertz CT molecular complexity index is 1630. The van der Waals surface area contributed by atoms with Crippen molar-refractivity contribution in [3.63, 3.8) is 0 Å². The number of hydrogen-bond donors (Lipinski definition) is 1. The number of benzene rings is 4. The first-order valence-corrected chi connectivity index (χ1v) is 16.0. The van der Waals surface area contributed by atoms with E-state index < -0.39 is 28.5 Å². The van der Waals surface area contributed by atoms with E-state index in [1.54, 1.807) is 12.1 Å². The van der Waals surface area contributed by atoms with Crippen LogP contribution in [0.4, 0.5) is 5.69 Å². The normalized spacial score (nSPS) is 12.2. The van der Waals surface area contributed by atoms with E-state index in [9.17, 15) is 18.0 Å². The molecule has 0 aromatic heterocycles. The summed E-state index contributed by atoms with van der Waals surface area (Å²) < 4.78 is 27.5. The Morgan fingerprint density at radius 3 is 2.17 bits per heavy atom. The number of nitrogens with zero attached hydrogens (tertiary/aromatic N) is 2. The Morgan fingerprint density at radius 1 is 0.833 bits per heavy atom. The molecule has 4 aromatic rings. The van der Waals surface area contributed by atoms with Gasteiger partial charge in [-0.3, -0.25) is 13.9 Å². The van der Waals surface area contributed by atoms with Gasteiger partial charge in [-0.2, -0.15) is 0 Å². The third-order valence-corrected chi connectivity index (χ3v) is 8.23. The van der Waals surface area contributed by atoms with Crippen LogP contribution in [0.3, 0.4) is 0 Å². The molecule has 220 valence electrons. The van der Waals surface area contributed by atoms with Crippen LogP contribution in [-0.4, -0.2) is 50.5 Å². The van der Waals surface area contributed by atoms with Crippen molar-refractivity contribution in [2.75, 3.05) is 23.7 Å². The predicted molar refractivity (Wildman–Crippen MR) is 170 cm³/mol. The number of nitrogens with one attached hydrogen (secondary N) is 1. The number of sulfonamides is 1. The molecule has 0 saturated heterocycles. The van der Waals surface area contributed by atoms with E-state index in [1.165, 1.54) is 4.90 Å². The van der Waals surface area contributed by atoms with Crippen LogP contribution in [0.5, 0.6) is 0 Å².